The van der Waals surface area contributed by atoms with Gasteiger partial charge < -0.3 is 5.32 Å². The molecular weight excluding hydrogens is 404 g/mol. The van der Waals surface area contributed by atoms with Crippen LogP contribution in [0.3, 0.4) is 0 Å². The van der Waals surface area contributed by atoms with Crippen molar-refractivity contribution in [2.45, 2.75) is 23.9 Å². The molecule has 0 atom stereocenters. The number of amides is 1. The molecule has 0 bridgehead atoms. The quantitative estimate of drug-likeness (QED) is 0.665. The predicted molar refractivity (Wildman–Crippen MR) is 66.0 cm³/mol. The van der Waals surface area contributed by atoms with Crippen molar-refractivity contribution in [3.63, 3.8) is 0 Å². The number of carbonyl (C=O) groups excluding carboxylic acids is 1. The van der Waals surface area contributed by atoms with Crippen molar-refractivity contribution in [1.82, 2.24) is 0 Å². The van der Waals surface area contributed by atoms with Crippen LogP contribution in [0.25, 0.3) is 0 Å². The highest BCUT2D eigenvalue weighted by Crippen LogP contribution is 2.53. The summed E-state index contributed by atoms with van der Waals surface area (Å²) in [5.41, 5.74) is -0.753. The Morgan fingerprint density at radius 1 is 0.875 bits per heavy atom. The smallest absolute Gasteiger partial charge is 0.319 e. The van der Waals surface area contributed by atoms with Crippen molar-refractivity contribution in [2.75, 3.05) is 5.32 Å². The van der Waals surface area contributed by atoms with Gasteiger partial charge in [-0.15, -0.1) is 0 Å². The van der Waals surface area contributed by atoms with Crippen LogP contribution in [0.4, 0.5) is 45.2 Å². The van der Waals surface area contributed by atoms with E-state index in [4.69, 9.17) is 23.2 Å². The molecule has 24 heavy (non-hydrogen) atoms. The number of halogens is 11. The number of alkyl halides is 9. The molecule has 0 spiro atoms. The molecule has 136 valence electrons. The summed E-state index contributed by atoms with van der Waals surface area (Å²) >= 11 is 10.9. The molecule has 0 aromatic heterocycles. The van der Waals surface area contributed by atoms with Crippen molar-refractivity contribution >= 4 is 34.8 Å². The number of benzene rings is 1. The standard InChI is InChI=1S/C11H4Cl2F9NO/c12-4-1-2-6(5(13)3-4)23-7(24)8(14,15)9(16,17)10(18,19)11(20,21)22/h1-3H,(H,23,24). The van der Waals surface area contributed by atoms with Crippen LogP contribution in [0.2, 0.25) is 10.0 Å². The number of rotatable bonds is 4. The van der Waals surface area contributed by atoms with Crippen molar-refractivity contribution in [1.29, 1.82) is 0 Å². The summed E-state index contributed by atoms with van der Waals surface area (Å²) in [4.78, 5) is 11.2. The van der Waals surface area contributed by atoms with Crippen molar-refractivity contribution in [3.8, 4) is 0 Å². The average Bonchev–Trinajstić information content (AvgIpc) is 2.40. The van der Waals surface area contributed by atoms with Gasteiger partial charge in [0.1, 0.15) is 0 Å². The van der Waals surface area contributed by atoms with Crippen LogP contribution in [0.15, 0.2) is 18.2 Å². The van der Waals surface area contributed by atoms with E-state index in [9.17, 15) is 44.3 Å². The van der Waals surface area contributed by atoms with Gasteiger partial charge in [-0.25, -0.2) is 0 Å². The van der Waals surface area contributed by atoms with Crippen LogP contribution in [-0.4, -0.2) is 29.9 Å². The molecule has 1 aromatic carbocycles. The Morgan fingerprint density at radius 2 is 1.38 bits per heavy atom. The topological polar surface area (TPSA) is 29.1 Å². The van der Waals surface area contributed by atoms with E-state index in [1.807, 2.05) is 0 Å². The van der Waals surface area contributed by atoms with Gasteiger partial charge in [0, 0.05) is 5.02 Å². The number of nitrogens with one attached hydrogen (secondary N) is 1. The van der Waals surface area contributed by atoms with Gasteiger partial charge in [-0.1, -0.05) is 23.2 Å². The van der Waals surface area contributed by atoms with Gasteiger partial charge in [0.15, 0.2) is 0 Å². The van der Waals surface area contributed by atoms with Crippen molar-refractivity contribution in [2.24, 2.45) is 0 Å². The molecule has 0 aliphatic carbocycles. The highest BCUT2D eigenvalue weighted by molar-refractivity contribution is 6.36. The summed E-state index contributed by atoms with van der Waals surface area (Å²) in [5.74, 6) is -23.7. The number of hydrogen-bond donors (Lipinski definition) is 1. The van der Waals surface area contributed by atoms with Crippen LogP contribution in [0, 0.1) is 0 Å². The Bertz CT molecular complexity index is 645. The lowest BCUT2D eigenvalue weighted by Crippen LogP contribution is -2.64. The summed E-state index contributed by atoms with van der Waals surface area (Å²) in [5, 5.41) is 0.446. The predicted octanol–water partition coefficient (Wildman–Crippen LogP) is 5.40. The molecule has 0 unspecified atom stereocenters. The lowest BCUT2D eigenvalue weighted by Gasteiger charge is -2.32. The van der Waals surface area contributed by atoms with Gasteiger partial charge in [-0.2, -0.15) is 39.5 Å². The van der Waals surface area contributed by atoms with Crippen LogP contribution in [0.5, 0.6) is 0 Å². The summed E-state index contributed by atoms with van der Waals surface area (Å²) < 4.78 is 114. The lowest BCUT2D eigenvalue weighted by atomic mass is 10.0. The Morgan fingerprint density at radius 3 is 1.79 bits per heavy atom. The van der Waals surface area contributed by atoms with Crippen LogP contribution in [0.1, 0.15) is 0 Å². The van der Waals surface area contributed by atoms with Crippen molar-refractivity contribution in [3.05, 3.63) is 28.2 Å². The number of hydrogen-bond acceptors (Lipinski definition) is 1. The molecule has 13 heteroatoms. The number of anilines is 1. The van der Waals surface area contributed by atoms with E-state index in [0.29, 0.717) is 0 Å². The van der Waals surface area contributed by atoms with E-state index in [1.54, 1.807) is 0 Å². The molecule has 0 aliphatic heterocycles. The van der Waals surface area contributed by atoms with E-state index < -0.39 is 40.6 Å². The van der Waals surface area contributed by atoms with Crippen LogP contribution >= 0.6 is 23.2 Å². The van der Waals surface area contributed by atoms with E-state index in [0.717, 1.165) is 23.5 Å². The van der Waals surface area contributed by atoms with Gasteiger partial charge in [0.25, 0.3) is 0 Å². The molecule has 1 N–H and O–H groups in total. The third kappa shape index (κ3) is 3.37. The van der Waals surface area contributed by atoms with E-state index in [-0.39, 0.29) is 5.02 Å². The van der Waals surface area contributed by atoms with Gasteiger partial charge in [-0.3, -0.25) is 4.79 Å². The van der Waals surface area contributed by atoms with Gasteiger partial charge in [0.05, 0.1) is 10.7 Å². The SMILES string of the molecule is O=C(Nc1ccc(Cl)cc1Cl)C(F)(F)C(F)(F)C(F)(F)C(F)(F)F. The Kier molecular flexibility index (Phi) is 5.32. The Balaban J connectivity index is 3.20. The summed E-state index contributed by atoms with van der Waals surface area (Å²) in [6.07, 6.45) is -7.02. The van der Waals surface area contributed by atoms with Gasteiger partial charge in [0.2, 0.25) is 0 Å². The van der Waals surface area contributed by atoms with E-state index in [2.05, 4.69) is 0 Å². The van der Waals surface area contributed by atoms with Crippen LogP contribution < -0.4 is 5.32 Å². The molecule has 2 nitrogen and oxygen atoms in total. The second kappa shape index (κ2) is 6.17. The fraction of sp³-hybridized carbons (Fsp3) is 0.364. The Labute approximate surface area is 137 Å². The lowest BCUT2D eigenvalue weighted by molar-refractivity contribution is -0.388. The normalized spacial score (nSPS) is 13.8. The van der Waals surface area contributed by atoms with Gasteiger partial charge >= 0.3 is 29.9 Å². The Hall–Kier alpha value is -1.36. The maximum Gasteiger partial charge on any atom is 0.460 e. The third-order valence-corrected chi connectivity index (χ3v) is 3.16. The first kappa shape index (κ1) is 20.7. The molecule has 1 amide bonds. The fourth-order valence-electron chi connectivity index (χ4n) is 1.31. The molecule has 0 saturated carbocycles. The highest BCUT2D eigenvalue weighted by atomic mass is 35.5. The van der Waals surface area contributed by atoms with Crippen LogP contribution in [-0.2, 0) is 4.79 Å². The zero-order valence-electron chi connectivity index (χ0n) is 10.8. The maximum atomic E-state index is 13.3. The van der Waals surface area contributed by atoms with Gasteiger partial charge in [-0.05, 0) is 18.2 Å². The summed E-state index contributed by atoms with van der Waals surface area (Å²) in [6, 6.07) is 2.58. The second-order valence-corrected chi connectivity index (χ2v) is 5.14. The molecular formula is C11H4Cl2F9NO. The summed E-state index contributed by atoms with van der Waals surface area (Å²) in [7, 11) is 0. The van der Waals surface area contributed by atoms with Crippen molar-refractivity contribution < 1.29 is 44.3 Å². The molecule has 0 heterocycles. The maximum absolute atomic E-state index is 13.3. The minimum absolute atomic E-state index is 0.0568. The first-order valence-electron chi connectivity index (χ1n) is 5.52. The second-order valence-electron chi connectivity index (χ2n) is 4.30. The zero-order chi connectivity index (χ0) is 19.1. The molecule has 1 aromatic rings. The highest BCUT2D eigenvalue weighted by Gasteiger charge is 2.83. The average molecular weight is 408 g/mol. The summed E-state index contributed by atoms with van der Waals surface area (Å²) in [6.45, 7) is 0. The minimum Gasteiger partial charge on any atom is -0.319 e. The first-order chi connectivity index (χ1) is 10.6. The fourth-order valence-corrected chi connectivity index (χ4v) is 1.77. The zero-order valence-corrected chi connectivity index (χ0v) is 12.3. The number of carbonyl (C=O) groups is 1. The molecule has 0 radical (unpaired) electrons. The first-order valence-corrected chi connectivity index (χ1v) is 6.28. The minimum atomic E-state index is -7.16. The monoisotopic (exact) mass is 407 g/mol. The molecule has 1 rings (SSSR count). The largest absolute Gasteiger partial charge is 0.460 e. The molecule has 0 aliphatic rings. The third-order valence-electron chi connectivity index (χ3n) is 2.61. The molecule has 0 saturated heterocycles. The van der Waals surface area contributed by atoms with E-state index in [1.165, 1.54) is 0 Å². The molecule has 0 fully saturated rings. The van der Waals surface area contributed by atoms with E-state index >= 15 is 0 Å².